The zero-order valence-electron chi connectivity index (χ0n) is 18.5. The molecule has 1 fully saturated rings. The fourth-order valence-corrected chi connectivity index (χ4v) is 3.62. The Morgan fingerprint density at radius 3 is 2.43 bits per heavy atom. The zero-order valence-corrected chi connectivity index (χ0v) is 18.5. The summed E-state index contributed by atoms with van der Waals surface area (Å²) in [7, 11) is 0. The Morgan fingerprint density at radius 2 is 1.87 bits per heavy atom. The van der Waals surface area contributed by atoms with Crippen LogP contribution < -0.4 is 10.6 Å². The number of esters is 1. The quantitative estimate of drug-likeness (QED) is 0.227. The molecule has 7 heteroatoms. The van der Waals surface area contributed by atoms with Crippen molar-refractivity contribution in [2.45, 2.75) is 82.7 Å². The molecule has 0 saturated heterocycles. The maximum atomic E-state index is 12.8. The van der Waals surface area contributed by atoms with E-state index in [-0.39, 0.29) is 37.4 Å². The second kappa shape index (κ2) is 12.5. The molecule has 1 saturated carbocycles. The van der Waals surface area contributed by atoms with Crippen LogP contribution in [0.2, 0.25) is 0 Å². The van der Waals surface area contributed by atoms with Crippen LogP contribution in [-0.2, 0) is 19.1 Å². The van der Waals surface area contributed by atoms with Crippen LogP contribution in [-0.4, -0.2) is 47.2 Å². The van der Waals surface area contributed by atoms with Gasteiger partial charge in [-0.05, 0) is 46.0 Å². The Kier molecular flexibility index (Phi) is 10.8. The van der Waals surface area contributed by atoms with Gasteiger partial charge in [0.25, 0.3) is 0 Å². The standard InChI is InChI=1S/C23H38N2O5/c1-5-7-8-12-20(28)30-17-22(3,4)25-21(29)18(11-6-2)15-19(27)24-23(16-26)13-9-10-14-23/h5-6,18,26H,1-2,7-17H2,3-4H3,(H,24,27)(H,25,29). The molecule has 2 amide bonds. The molecular formula is C23H38N2O5. The van der Waals surface area contributed by atoms with Gasteiger partial charge < -0.3 is 20.5 Å². The third kappa shape index (κ3) is 9.11. The third-order valence-electron chi connectivity index (χ3n) is 5.37. The Morgan fingerprint density at radius 1 is 1.20 bits per heavy atom. The van der Waals surface area contributed by atoms with E-state index in [1.165, 1.54) is 0 Å². The number of allylic oxidation sites excluding steroid dienone is 2. The Labute approximate surface area is 180 Å². The minimum absolute atomic E-state index is 0.0109. The van der Waals surface area contributed by atoms with E-state index in [1.54, 1.807) is 26.0 Å². The highest BCUT2D eigenvalue weighted by Crippen LogP contribution is 2.29. The van der Waals surface area contributed by atoms with Gasteiger partial charge in [0.05, 0.1) is 23.6 Å². The number of unbranched alkanes of at least 4 members (excludes halogenated alkanes) is 1. The fraction of sp³-hybridized carbons (Fsp3) is 0.696. The van der Waals surface area contributed by atoms with Crippen molar-refractivity contribution >= 4 is 17.8 Å². The lowest BCUT2D eigenvalue weighted by Gasteiger charge is -2.30. The van der Waals surface area contributed by atoms with Crippen molar-refractivity contribution in [1.82, 2.24) is 10.6 Å². The molecule has 1 aliphatic rings. The van der Waals surface area contributed by atoms with Gasteiger partial charge >= 0.3 is 5.97 Å². The van der Waals surface area contributed by atoms with Gasteiger partial charge in [-0.3, -0.25) is 14.4 Å². The first kappa shape index (κ1) is 25.9. The van der Waals surface area contributed by atoms with Crippen molar-refractivity contribution in [1.29, 1.82) is 0 Å². The lowest BCUT2D eigenvalue weighted by atomic mass is 9.95. The molecule has 1 aliphatic carbocycles. The van der Waals surface area contributed by atoms with Gasteiger partial charge in [-0.1, -0.05) is 25.0 Å². The summed E-state index contributed by atoms with van der Waals surface area (Å²) in [4.78, 5) is 37.1. The Hall–Kier alpha value is -2.15. The lowest BCUT2D eigenvalue weighted by Crippen LogP contribution is -2.52. The van der Waals surface area contributed by atoms with E-state index in [0.29, 0.717) is 19.3 Å². The average Bonchev–Trinajstić information content (AvgIpc) is 3.15. The maximum absolute atomic E-state index is 12.8. The van der Waals surface area contributed by atoms with Crippen molar-refractivity contribution in [3.8, 4) is 0 Å². The average molecular weight is 423 g/mol. The highest BCUT2D eigenvalue weighted by molar-refractivity contribution is 5.86. The summed E-state index contributed by atoms with van der Waals surface area (Å²) >= 11 is 0. The minimum Gasteiger partial charge on any atom is -0.463 e. The molecule has 0 bridgehead atoms. The monoisotopic (exact) mass is 422 g/mol. The fourth-order valence-electron chi connectivity index (χ4n) is 3.62. The molecule has 1 atom stereocenters. The summed E-state index contributed by atoms with van der Waals surface area (Å²) in [5, 5.41) is 15.5. The van der Waals surface area contributed by atoms with Crippen molar-refractivity contribution in [3.63, 3.8) is 0 Å². The molecule has 0 spiro atoms. The largest absolute Gasteiger partial charge is 0.463 e. The molecule has 7 nitrogen and oxygen atoms in total. The van der Waals surface area contributed by atoms with Crippen LogP contribution in [0.5, 0.6) is 0 Å². The Balaban J connectivity index is 2.58. The second-order valence-electron chi connectivity index (χ2n) is 8.83. The highest BCUT2D eigenvalue weighted by atomic mass is 16.5. The number of nitrogens with one attached hydrogen (secondary N) is 2. The first-order valence-corrected chi connectivity index (χ1v) is 10.8. The van der Waals surface area contributed by atoms with Gasteiger partial charge in [-0.2, -0.15) is 0 Å². The van der Waals surface area contributed by atoms with Gasteiger partial charge in [0.2, 0.25) is 11.8 Å². The number of carbonyl (C=O) groups excluding carboxylic acids is 3. The SMILES string of the molecule is C=CCCCC(=O)OCC(C)(C)NC(=O)C(CC=C)CC(=O)NC1(CO)CCCC1. The molecule has 0 aromatic carbocycles. The molecule has 0 aromatic rings. The molecule has 0 aromatic heterocycles. The summed E-state index contributed by atoms with van der Waals surface area (Å²) < 4.78 is 5.28. The van der Waals surface area contributed by atoms with E-state index in [4.69, 9.17) is 4.74 Å². The summed E-state index contributed by atoms with van der Waals surface area (Å²) in [6, 6.07) is 0. The van der Waals surface area contributed by atoms with E-state index >= 15 is 0 Å². The van der Waals surface area contributed by atoms with Crippen LogP contribution in [0.1, 0.15) is 71.6 Å². The van der Waals surface area contributed by atoms with Crippen molar-refractivity contribution in [2.75, 3.05) is 13.2 Å². The van der Waals surface area contributed by atoms with E-state index in [0.717, 1.165) is 32.1 Å². The number of carbonyl (C=O) groups is 3. The van der Waals surface area contributed by atoms with Crippen LogP contribution >= 0.6 is 0 Å². The van der Waals surface area contributed by atoms with Crippen LogP contribution in [0.3, 0.4) is 0 Å². The van der Waals surface area contributed by atoms with E-state index in [9.17, 15) is 19.5 Å². The summed E-state index contributed by atoms with van der Waals surface area (Å²) in [5.74, 6) is -1.43. The number of hydrogen-bond donors (Lipinski definition) is 3. The third-order valence-corrected chi connectivity index (χ3v) is 5.37. The van der Waals surface area contributed by atoms with Crippen LogP contribution in [0.4, 0.5) is 0 Å². The molecule has 1 rings (SSSR count). The molecule has 0 radical (unpaired) electrons. The smallest absolute Gasteiger partial charge is 0.305 e. The number of ether oxygens (including phenoxy) is 1. The van der Waals surface area contributed by atoms with Crippen LogP contribution in [0.25, 0.3) is 0 Å². The highest BCUT2D eigenvalue weighted by Gasteiger charge is 2.36. The van der Waals surface area contributed by atoms with Gasteiger partial charge in [0, 0.05) is 12.8 Å². The number of aliphatic hydroxyl groups is 1. The van der Waals surface area contributed by atoms with Crippen molar-refractivity contribution in [2.24, 2.45) is 5.92 Å². The first-order chi connectivity index (χ1) is 14.2. The molecule has 30 heavy (non-hydrogen) atoms. The first-order valence-electron chi connectivity index (χ1n) is 10.8. The molecule has 170 valence electrons. The normalized spacial score (nSPS) is 16.4. The predicted octanol–water partition coefficient (Wildman–Crippen LogP) is 2.78. The number of aliphatic hydroxyl groups excluding tert-OH is 1. The molecule has 0 heterocycles. The number of rotatable bonds is 14. The minimum atomic E-state index is -0.765. The number of amides is 2. The van der Waals surface area contributed by atoms with Crippen LogP contribution in [0.15, 0.2) is 25.3 Å². The topological polar surface area (TPSA) is 105 Å². The Bertz CT molecular complexity index is 609. The lowest BCUT2D eigenvalue weighted by molar-refractivity contribution is -0.147. The van der Waals surface area contributed by atoms with E-state index in [1.807, 2.05) is 0 Å². The summed E-state index contributed by atoms with van der Waals surface area (Å²) in [6.07, 6.45) is 8.90. The molecular weight excluding hydrogens is 384 g/mol. The second-order valence-corrected chi connectivity index (χ2v) is 8.83. The van der Waals surface area contributed by atoms with Crippen molar-refractivity contribution in [3.05, 3.63) is 25.3 Å². The van der Waals surface area contributed by atoms with Crippen LogP contribution in [0, 0.1) is 5.92 Å². The van der Waals surface area contributed by atoms with E-state index in [2.05, 4.69) is 23.8 Å². The van der Waals surface area contributed by atoms with Crippen molar-refractivity contribution < 1.29 is 24.2 Å². The molecule has 3 N–H and O–H groups in total. The van der Waals surface area contributed by atoms with Gasteiger partial charge in [-0.25, -0.2) is 0 Å². The molecule has 0 aliphatic heterocycles. The summed E-state index contributed by atoms with van der Waals surface area (Å²) in [5.41, 5.74) is -1.33. The van der Waals surface area contributed by atoms with Gasteiger partial charge in [0.1, 0.15) is 6.61 Å². The maximum Gasteiger partial charge on any atom is 0.305 e. The molecule has 1 unspecified atom stereocenters. The predicted molar refractivity (Wildman–Crippen MR) is 117 cm³/mol. The number of hydrogen-bond acceptors (Lipinski definition) is 5. The summed E-state index contributed by atoms with van der Waals surface area (Å²) in [6.45, 7) is 10.8. The van der Waals surface area contributed by atoms with Gasteiger partial charge in [-0.15, -0.1) is 13.2 Å². The van der Waals surface area contributed by atoms with E-state index < -0.39 is 17.0 Å². The zero-order chi connectivity index (χ0) is 22.6. The van der Waals surface area contributed by atoms with Gasteiger partial charge in [0.15, 0.2) is 0 Å².